The third-order valence-electron chi connectivity index (χ3n) is 7.34. The van der Waals surface area contributed by atoms with Crippen molar-refractivity contribution in [3.63, 3.8) is 0 Å². The maximum Gasteiger partial charge on any atom is 0.338 e. The number of ether oxygens (including phenoxy) is 2. The number of fused-ring (bicyclic) bond motifs is 1. The van der Waals surface area contributed by atoms with E-state index >= 15 is 0 Å². The van der Waals surface area contributed by atoms with Crippen molar-refractivity contribution in [1.82, 2.24) is 0 Å². The number of rotatable bonds is 9. The first-order valence-corrected chi connectivity index (χ1v) is 14.7. The predicted molar refractivity (Wildman–Crippen MR) is 162 cm³/mol. The van der Waals surface area contributed by atoms with Gasteiger partial charge in [0.25, 0.3) is 11.4 Å². The number of hydrogen-bond acceptors (Lipinski definition) is 9. The van der Waals surface area contributed by atoms with Crippen LogP contribution < -0.4 is 0 Å². The van der Waals surface area contributed by atoms with Crippen molar-refractivity contribution >= 4 is 35.1 Å². The quantitative estimate of drug-likeness (QED) is 0.0852. The Labute approximate surface area is 253 Å². The summed E-state index contributed by atoms with van der Waals surface area (Å²) in [6.07, 6.45) is 2.23. The molecule has 1 aliphatic rings. The van der Waals surface area contributed by atoms with Gasteiger partial charge in [0.1, 0.15) is 5.56 Å². The van der Waals surface area contributed by atoms with Gasteiger partial charge in [0, 0.05) is 28.2 Å². The van der Waals surface area contributed by atoms with Crippen molar-refractivity contribution in [3.05, 3.63) is 108 Å². The first-order valence-electron chi connectivity index (χ1n) is 13.7. The average molecular weight is 603 g/mol. The van der Waals surface area contributed by atoms with Gasteiger partial charge in [-0.2, -0.15) is 0 Å². The summed E-state index contributed by atoms with van der Waals surface area (Å²) in [6, 6.07) is 14.3. The molecule has 3 aromatic rings. The monoisotopic (exact) mass is 602 g/mol. The van der Waals surface area contributed by atoms with Gasteiger partial charge in [0.2, 0.25) is 0 Å². The van der Waals surface area contributed by atoms with E-state index in [4.69, 9.17) is 9.47 Å². The first kappa shape index (κ1) is 31.3. The fourth-order valence-corrected chi connectivity index (χ4v) is 6.30. The van der Waals surface area contributed by atoms with Crippen LogP contribution in [0.15, 0.2) is 59.5 Å². The second-order valence-corrected chi connectivity index (χ2v) is 11.5. The molecule has 0 amide bonds. The molecule has 0 saturated carbocycles. The van der Waals surface area contributed by atoms with Gasteiger partial charge in [-0.3, -0.25) is 20.2 Å². The minimum absolute atomic E-state index is 0.0894. The molecule has 222 valence electrons. The van der Waals surface area contributed by atoms with Gasteiger partial charge < -0.3 is 9.47 Å². The van der Waals surface area contributed by atoms with Gasteiger partial charge in [-0.05, 0) is 86.2 Å². The molecule has 1 unspecified atom stereocenters. The molecule has 0 radical (unpaired) electrons. The van der Waals surface area contributed by atoms with Crippen molar-refractivity contribution in [2.24, 2.45) is 0 Å². The molecule has 10 nitrogen and oxygen atoms in total. The van der Waals surface area contributed by atoms with Crippen LogP contribution in [0.5, 0.6) is 0 Å². The third kappa shape index (κ3) is 7.40. The van der Waals surface area contributed by atoms with E-state index in [9.17, 15) is 29.8 Å². The summed E-state index contributed by atoms with van der Waals surface area (Å²) in [6.45, 7) is 5.76. The Morgan fingerprint density at radius 1 is 0.930 bits per heavy atom. The Bertz CT molecular complexity index is 1660. The van der Waals surface area contributed by atoms with Crippen molar-refractivity contribution in [3.8, 4) is 11.8 Å². The van der Waals surface area contributed by atoms with E-state index < -0.39 is 21.8 Å². The Morgan fingerprint density at radius 2 is 1.60 bits per heavy atom. The van der Waals surface area contributed by atoms with Crippen LogP contribution in [0.2, 0.25) is 0 Å². The molecule has 11 heteroatoms. The summed E-state index contributed by atoms with van der Waals surface area (Å²) in [5.74, 6) is 5.62. The van der Waals surface area contributed by atoms with E-state index in [1.54, 1.807) is 25.6 Å². The highest BCUT2D eigenvalue weighted by molar-refractivity contribution is 7.99. The van der Waals surface area contributed by atoms with E-state index in [-0.39, 0.29) is 46.7 Å². The minimum atomic E-state index is -0.634. The molecule has 0 aliphatic carbocycles. The fourth-order valence-electron chi connectivity index (χ4n) is 4.90. The zero-order valence-corrected chi connectivity index (χ0v) is 24.8. The van der Waals surface area contributed by atoms with Crippen LogP contribution in [0.3, 0.4) is 0 Å². The molecule has 0 saturated heterocycles. The predicted octanol–water partition coefficient (Wildman–Crippen LogP) is 6.78. The number of carbonyl (C=O) groups is 2. The molecular formula is C32H30N2O8S. The van der Waals surface area contributed by atoms with Crippen LogP contribution in [0.4, 0.5) is 11.4 Å². The number of hydrogen-bond donors (Lipinski definition) is 0. The van der Waals surface area contributed by atoms with Crippen molar-refractivity contribution in [1.29, 1.82) is 0 Å². The molecule has 0 bridgehead atoms. The molecule has 0 fully saturated rings. The smallest absolute Gasteiger partial charge is 0.338 e. The zero-order chi connectivity index (χ0) is 31.1. The van der Waals surface area contributed by atoms with Crippen molar-refractivity contribution < 1.29 is 28.9 Å². The number of nitro groups is 2. The van der Waals surface area contributed by atoms with Gasteiger partial charge in [-0.1, -0.05) is 24.8 Å². The first-order chi connectivity index (χ1) is 20.5. The zero-order valence-electron chi connectivity index (χ0n) is 24.0. The fraction of sp³-hybridized carbons (Fsp3) is 0.312. The third-order valence-corrected chi connectivity index (χ3v) is 8.41. The number of benzene rings is 3. The Morgan fingerprint density at radius 3 is 2.30 bits per heavy atom. The molecule has 1 atom stereocenters. The maximum atomic E-state index is 12.5. The maximum absolute atomic E-state index is 12.5. The number of thioether (sulfide) groups is 1. The number of carbonyl (C=O) groups excluding carboxylic acids is 2. The number of aryl methyl sites for hydroxylation is 1. The van der Waals surface area contributed by atoms with E-state index in [1.165, 1.54) is 36.4 Å². The summed E-state index contributed by atoms with van der Waals surface area (Å²) in [4.78, 5) is 47.4. The molecule has 1 heterocycles. The molecule has 0 N–H and O–H groups in total. The summed E-state index contributed by atoms with van der Waals surface area (Å²) in [5, 5.41) is 22.9. The highest BCUT2D eigenvalue weighted by atomic mass is 32.2. The van der Waals surface area contributed by atoms with E-state index in [2.05, 4.69) is 18.8 Å². The molecule has 1 aliphatic heterocycles. The normalized spacial score (nSPS) is 15.4. The Hall–Kier alpha value is -4.69. The van der Waals surface area contributed by atoms with Crippen LogP contribution in [-0.2, 0) is 14.9 Å². The molecule has 0 aromatic heterocycles. The van der Waals surface area contributed by atoms with E-state index in [1.807, 2.05) is 18.2 Å². The topological polar surface area (TPSA) is 139 Å². The largest absolute Gasteiger partial charge is 0.462 e. The summed E-state index contributed by atoms with van der Waals surface area (Å²) < 4.78 is 10.4. The number of nitrogens with zero attached hydrogens (tertiary/aromatic N) is 2. The summed E-state index contributed by atoms with van der Waals surface area (Å²) in [5.41, 5.74) is 2.10. The highest BCUT2D eigenvalue weighted by Crippen LogP contribution is 2.44. The van der Waals surface area contributed by atoms with E-state index in [0.29, 0.717) is 17.5 Å². The van der Waals surface area contributed by atoms with Crippen molar-refractivity contribution in [2.75, 3.05) is 19.0 Å². The lowest BCUT2D eigenvalue weighted by Crippen LogP contribution is -2.27. The van der Waals surface area contributed by atoms with Gasteiger partial charge in [0.05, 0.1) is 34.2 Å². The van der Waals surface area contributed by atoms with Crippen LogP contribution in [-0.4, -0.2) is 40.8 Å². The Kier molecular flexibility index (Phi) is 9.83. The number of nitro benzene ring substituents is 2. The van der Waals surface area contributed by atoms with Crippen LogP contribution in [0, 0.1) is 39.0 Å². The SMILES string of the molecule is CCOC(=O)c1ccc(C#Cc2ccc3c(c2)C(C)(CCCOC(=O)c2ccc(C)c([N+](=O)[O-])c2)CCS3)c([N+](=O)[O-])c1. The van der Waals surface area contributed by atoms with Crippen molar-refractivity contribution in [2.45, 2.75) is 50.3 Å². The van der Waals surface area contributed by atoms with E-state index in [0.717, 1.165) is 29.1 Å². The second-order valence-electron chi connectivity index (χ2n) is 10.3. The summed E-state index contributed by atoms with van der Waals surface area (Å²) >= 11 is 1.75. The van der Waals surface area contributed by atoms with Gasteiger partial charge in [-0.25, -0.2) is 9.59 Å². The van der Waals surface area contributed by atoms with Gasteiger partial charge in [-0.15, -0.1) is 11.8 Å². The molecule has 3 aromatic carbocycles. The average Bonchev–Trinajstić information content (AvgIpc) is 2.98. The van der Waals surface area contributed by atoms with Gasteiger partial charge in [0.15, 0.2) is 0 Å². The molecule has 43 heavy (non-hydrogen) atoms. The summed E-state index contributed by atoms with van der Waals surface area (Å²) in [7, 11) is 0. The lowest BCUT2D eigenvalue weighted by atomic mass is 9.75. The molecular weight excluding hydrogens is 572 g/mol. The van der Waals surface area contributed by atoms with Crippen LogP contribution in [0.1, 0.15) is 76.1 Å². The van der Waals surface area contributed by atoms with Crippen LogP contribution in [0.25, 0.3) is 0 Å². The lowest BCUT2D eigenvalue weighted by molar-refractivity contribution is -0.385. The Balaban J connectivity index is 1.47. The highest BCUT2D eigenvalue weighted by Gasteiger charge is 2.32. The number of esters is 2. The van der Waals surface area contributed by atoms with Crippen LogP contribution >= 0.6 is 11.8 Å². The minimum Gasteiger partial charge on any atom is -0.462 e. The molecule has 4 rings (SSSR count). The lowest BCUT2D eigenvalue weighted by Gasteiger charge is -2.36. The molecule has 0 spiro atoms. The van der Waals surface area contributed by atoms with Gasteiger partial charge >= 0.3 is 11.9 Å². The second kappa shape index (κ2) is 13.5. The standard InChI is InChI=1S/C32H30N2O8S/c1-4-41-30(35)25-12-11-23(28(20-25)34(39)40)10-7-22-8-13-29-26(18-22)32(3,15-17-43-29)14-5-16-42-31(36)24-9-6-21(2)27(19-24)33(37)38/h6,8-9,11-13,18-20H,4-5,14-17H2,1-3H3.